The number of aryl methyl sites for hydroxylation is 1. The maximum Gasteiger partial charge on any atom is 0.329 e. The van der Waals surface area contributed by atoms with Gasteiger partial charge >= 0.3 is 11.8 Å². The minimum absolute atomic E-state index is 0.0228. The number of carbonyl (C=O) groups is 2. The largest absolute Gasteiger partial charge is 0.459 e. The summed E-state index contributed by atoms with van der Waals surface area (Å²) in [6.45, 7) is 2.87. The van der Waals surface area contributed by atoms with Crippen LogP contribution in [0.5, 0.6) is 0 Å². The fraction of sp³-hybridized carbons (Fsp3) is 0.296. The van der Waals surface area contributed by atoms with Crippen molar-refractivity contribution in [3.8, 4) is 0 Å². The zero-order valence-electron chi connectivity index (χ0n) is 21.3. The summed E-state index contributed by atoms with van der Waals surface area (Å²) in [5.41, 5.74) is 3.73. The van der Waals surface area contributed by atoms with E-state index in [4.69, 9.17) is 27.6 Å². The second kappa shape index (κ2) is 12.8. The monoisotopic (exact) mass is 590 g/mol. The van der Waals surface area contributed by atoms with Crippen molar-refractivity contribution in [3.63, 3.8) is 0 Å². The van der Waals surface area contributed by atoms with Crippen LogP contribution in [0.2, 0.25) is 10.0 Å². The average Bonchev–Trinajstić information content (AvgIpc) is 3.37. The summed E-state index contributed by atoms with van der Waals surface area (Å²) in [6.07, 6.45) is 4.04. The Hall–Kier alpha value is -3.18. The zero-order valence-corrected chi connectivity index (χ0v) is 23.6. The van der Waals surface area contributed by atoms with Gasteiger partial charge in [0.1, 0.15) is 11.5 Å². The molecular weight excluding hydrogens is 563 g/mol. The van der Waals surface area contributed by atoms with Gasteiger partial charge in [0.15, 0.2) is 0 Å². The molecule has 1 N–H and O–H groups in total. The van der Waals surface area contributed by atoms with Crippen molar-refractivity contribution in [1.82, 2.24) is 14.6 Å². The maximum atomic E-state index is 13.6. The lowest BCUT2D eigenvalue weighted by molar-refractivity contribution is -0.146. The Morgan fingerprint density at radius 2 is 1.74 bits per heavy atom. The van der Waals surface area contributed by atoms with Crippen LogP contribution in [0.4, 0.5) is 0 Å². The van der Waals surface area contributed by atoms with Gasteiger partial charge in [-0.3, -0.25) is 9.59 Å². The normalized spacial score (nSPS) is 14.2. The molecule has 0 unspecified atom stereocenters. The van der Waals surface area contributed by atoms with Gasteiger partial charge < -0.3 is 9.32 Å². The van der Waals surface area contributed by atoms with Crippen LogP contribution >= 0.6 is 23.2 Å². The van der Waals surface area contributed by atoms with E-state index in [2.05, 4.69) is 10.5 Å². The van der Waals surface area contributed by atoms with Crippen molar-refractivity contribution in [2.24, 2.45) is 5.10 Å². The smallest absolute Gasteiger partial charge is 0.329 e. The SMILES string of the molecule is Cc1ccc(S(=O)(=O)N(Cc2ccc(/C=N/NC(=O)C(=O)N3CCCCC3)o2)Cc2ccc(Cl)cc2Cl)cc1. The zero-order chi connectivity index (χ0) is 28.0. The third kappa shape index (κ3) is 7.48. The fourth-order valence-electron chi connectivity index (χ4n) is 4.09. The van der Waals surface area contributed by atoms with E-state index in [9.17, 15) is 18.0 Å². The minimum Gasteiger partial charge on any atom is -0.459 e. The summed E-state index contributed by atoms with van der Waals surface area (Å²) in [6, 6.07) is 14.6. The summed E-state index contributed by atoms with van der Waals surface area (Å²) in [5, 5.41) is 4.60. The van der Waals surface area contributed by atoms with Crippen molar-refractivity contribution >= 4 is 51.3 Å². The van der Waals surface area contributed by atoms with Crippen LogP contribution in [0.3, 0.4) is 0 Å². The van der Waals surface area contributed by atoms with E-state index in [0.29, 0.717) is 34.5 Å². The number of rotatable bonds is 8. The van der Waals surface area contributed by atoms with Gasteiger partial charge in [-0.25, -0.2) is 13.8 Å². The number of hydrogen-bond donors (Lipinski definition) is 1. The van der Waals surface area contributed by atoms with Crippen LogP contribution in [-0.2, 0) is 32.7 Å². The number of halogens is 2. The van der Waals surface area contributed by atoms with E-state index in [1.807, 2.05) is 6.92 Å². The fourth-order valence-corrected chi connectivity index (χ4v) is 5.94. The molecule has 0 aliphatic carbocycles. The molecule has 1 saturated heterocycles. The molecule has 0 bridgehead atoms. The number of furan rings is 1. The van der Waals surface area contributed by atoms with Gasteiger partial charge in [-0.05, 0) is 68.1 Å². The number of hydrazone groups is 1. The Balaban J connectivity index is 1.48. The van der Waals surface area contributed by atoms with E-state index >= 15 is 0 Å². The molecule has 1 aliphatic heterocycles. The summed E-state index contributed by atoms with van der Waals surface area (Å²) in [5.74, 6) is -0.833. The third-order valence-electron chi connectivity index (χ3n) is 6.23. The Bertz CT molecular complexity index is 1470. The molecule has 9 nitrogen and oxygen atoms in total. The molecule has 4 rings (SSSR count). The highest BCUT2D eigenvalue weighted by atomic mass is 35.5. The summed E-state index contributed by atoms with van der Waals surface area (Å²) >= 11 is 12.4. The number of amides is 2. The molecule has 2 aromatic carbocycles. The second-order valence-electron chi connectivity index (χ2n) is 9.18. The lowest BCUT2D eigenvalue weighted by atomic mass is 10.1. The molecule has 1 fully saturated rings. The van der Waals surface area contributed by atoms with Gasteiger partial charge in [0.05, 0.1) is 17.7 Å². The molecule has 2 heterocycles. The molecule has 39 heavy (non-hydrogen) atoms. The van der Waals surface area contributed by atoms with Crippen LogP contribution in [0.1, 0.15) is 41.9 Å². The molecule has 206 valence electrons. The topological polar surface area (TPSA) is 112 Å². The molecule has 3 aromatic rings. The second-order valence-corrected chi connectivity index (χ2v) is 12.0. The number of hydrogen-bond acceptors (Lipinski definition) is 6. The van der Waals surface area contributed by atoms with Crippen LogP contribution < -0.4 is 5.43 Å². The van der Waals surface area contributed by atoms with Crippen molar-refractivity contribution < 1.29 is 22.4 Å². The van der Waals surface area contributed by atoms with Crippen LogP contribution in [0.15, 0.2) is 69.0 Å². The number of likely N-dealkylation sites (tertiary alicyclic amines) is 1. The standard InChI is InChI=1S/C27H28Cl2N4O5S/c1-19-5-11-24(12-6-19)39(36,37)33(17-20-7-8-21(28)15-25(20)29)18-23-10-9-22(38-23)16-30-31-26(34)27(35)32-13-3-2-4-14-32/h5-12,15-16H,2-4,13-14,17-18H2,1H3,(H,31,34)/b30-16+. The molecule has 0 atom stereocenters. The molecule has 0 spiro atoms. The molecular formula is C27H28Cl2N4O5S. The van der Waals surface area contributed by atoms with Gasteiger partial charge in [0, 0.05) is 29.7 Å². The van der Waals surface area contributed by atoms with E-state index < -0.39 is 21.8 Å². The van der Waals surface area contributed by atoms with E-state index in [1.165, 1.54) is 15.4 Å². The number of piperidine rings is 1. The van der Waals surface area contributed by atoms with Gasteiger partial charge in [-0.1, -0.05) is 47.0 Å². The quantitative estimate of drug-likeness (QED) is 0.231. The first-order chi connectivity index (χ1) is 18.6. The Kier molecular flexibility index (Phi) is 9.45. The van der Waals surface area contributed by atoms with Crippen molar-refractivity contribution in [2.75, 3.05) is 13.1 Å². The van der Waals surface area contributed by atoms with Gasteiger partial charge in [-0.15, -0.1) is 0 Å². The average molecular weight is 592 g/mol. The Morgan fingerprint density at radius 3 is 2.44 bits per heavy atom. The first-order valence-corrected chi connectivity index (χ1v) is 14.5. The van der Waals surface area contributed by atoms with E-state index in [1.54, 1.807) is 54.6 Å². The van der Waals surface area contributed by atoms with Crippen molar-refractivity contribution in [2.45, 2.75) is 44.2 Å². The van der Waals surface area contributed by atoms with Crippen LogP contribution in [0, 0.1) is 6.92 Å². The van der Waals surface area contributed by atoms with Crippen LogP contribution in [0.25, 0.3) is 0 Å². The van der Waals surface area contributed by atoms with Crippen molar-refractivity contribution in [3.05, 3.63) is 87.3 Å². The number of carbonyl (C=O) groups excluding carboxylic acids is 2. The van der Waals surface area contributed by atoms with Crippen molar-refractivity contribution in [1.29, 1.82) is 0 Å². The number of nitrogens with zero attached hydrogens (tertiary/aromatic N) is 3. The highest BCUT2D eigenvalue weighted by Crippen LogP contribution is 2.27. The Labute approximate surface area is 237 Å². The van der Waals surface area contributed by atoms with Crippen LogP contribution in [-0.4, -0.2) is 48.7 Å². The predicted octanol–water partition coefficient (Wildman–Crippen LogP) is 4.75. The molecule has 0 radical (unpaired) electrons. The molecule has 1 aromatic heterocycles. The summed E-state index contributed by atoms with van der Waals surface area (Å²) in [4.78, 5) is 26.0. The highest BCUT2D eigenvalue weighted by Gasteiger charge is 2.27. The molecule has 0 saturated carbocycles. The lowest BCUT2D eigenvalue weighted by Crippen LogP contribution is -2.43. The maximum absolute atomic E-state index is 13.6. The number of sulfonamides is 1. The minimum atomic E-state index is -3.93. The summed E-state index contributed by atoms with van der Waals surface area (Å²) < 4.78 is 34.2. The number of benzene rings is 2. The lowest BCUT2D eigenvalue weighted by Gasteiger charge is -2.25. The predicted molar refractivity (Wildman–Crippen MR) is 149 cm³/mol. The van der Waals surface area contributed by atoms with E-state index in [0.717, 1.165) is 24.8 Å². The molecule has 1 aliphatic rings. The highest BCUT2D eigenvalue weighted by molar-refractivity contribution is 7.89. The molecule has 12 heteroatoms. The van der Waals surface area contributed by atoms with E-state index in [-0.39, 0.29) is 23.7 Å². The van der Waals surface area contributed by atoms with Gasteiger partial charge in [0.2, 0.25) is 10.0 Å². The van der Waals surface area contributed by atoms with Gasteiger partial charge in [-0.2, -0.15) is 9.41 Å². The molecule has 2 amide bonds. The summed E-state index contributed by atoms with van der Waals surface area (Å²) in [7, 11) is -3.93. The first kappa shape index (κ1) is 28.8. The third-order valence-corrected chi connectivity index (χ3v) is 8.62. The first-order valence-electron chi connectivity index (χ1n) is 12.4. The Morgan fingerprint density at radius 1 is 1.03 bits per heavy atom. The van der Waals surface area contributed by atoms with Gasteiger partial charge in [0.25, 0.3) is 0 Å². The number of nitrogens with one attached hydrogen (secondary N) is 1.